The van der Waals surface area contributed by atoms with Gasteiger partial charge in [-0.3, -0.25) is 0 Å². The van der Waals surface area contributed by atoms with Crippen LogP contribution in [0.4, 0.5) is 17.1 Å². The van der Waals surface area contributed by atoms with Gasteiger partial charge in [0.15, 0.2) is 0 Å². The van der Waals surface area contributed by atoms with E-state index in [1.807, 2.05) is 24.3 Å². The van der Waals surface area contributed by atoms with Crippen LogP contribution in [0.3, 0.4) is 0 Å². The third-order valence-corrected chi connectivity index (χ3v) is 14.6. The summed E-state index contributed by atoms with van der Waals surface area (Å²) in [6.07, 6.45) is 0. The van der Waals surface area contributed by atoms with Crippen LogP contribution in [0.2, 0.25) is 0 Å². The van der Waals surface area contributed by atoms with Crippen LogP contribution in [-0.4, -0.2) is 0 Å². The summed E-state index contributed by atoms with van der Waals surface area (Å²) in [6.45, 7) is 0. The Kier molecular flexibility index (Phi) is 9.11. The first-order valence-electron chi connectivity index (χ1n) is 24.0. The lowest BCUT2D eigenvalue weighted by Crippen LogP contribution is -2.28. The van der Waals surface area contributed by atoms with Gasteiger partial charge in [-0.1, -0.05) is 188 Å². The zero-order valence-electron chi connectivity index (χ0n) is 38.1. The van der Waals surface area contributed by atoms with Crippen LogP contribution < -0.4 is 4.90 Å². The highest BCUT2D eigenvalue weighted by Crippen LogP contribution is 2.57. The third-order valence-electron chi connectivity index (χ3n) is 14.6. The van der Waals surface area contributed by atoms with Gasteiger partial charge < -0.3 is 13.7 Å². The van der Waals surface area contributed by atoms with Gasteiger partial charge in [0.2, 0.25) is 0 Å². The first kappa shape index (κ1) is 39.9. The first-order chi connectivity index (χ1) is 34.7. The molecule has 2 aromatic heterocycles. The molecule has 11 aromatic carbocycles. The van der Waals surface area contributed by atoms with E-state index in [9.17, 15) is 0 Å². The molecule has 14 rings (SSSR count). The van der Waals surface area contributed by atoms with E-state index in [0.717, 1.165) is 83.2 Å². The van der Waals surface area contributed by atoms with Crippen LogP contribution in [0.25, 0.3) is 88.4 Å². The molecular weight excluding hydrogens is 851 g/mol. The van der Waals surface area contributed by atoms with Crippen molar-refractivity contribution in [3.05, 3.63) is 283 Å². The number of fused-ring (bicyclic) bond motifs is 9. The third kappa shape index (κ3) is 6.29. The van der Waals surface area contributed by atoms with Crippen molar-refractivity contribution >= 4 is 60.9 Å². The fourth-order valence-electron chi connectivity index (χ4n) is 11.3. The summed E-state index contributed by atoms with van der Waals surface area (Å²) in [6, 6.07) is 94.4. The lowest BCUT2D eigenvalue weighted by Gasteiger charge is -2.34. The van der Waals surface area contributed by atoms with Gasteiger partial charge in [-0.05, 0) is 140 Å². The van der Waals surface area contributed by atoms with Gasteiger partial charge in [0.1, 0.15) is 22.3 Å². The molecule has 2 heterocycles. The highest BCUT2D eigenvalue weighted by molar-refractivity contribution is 6.07. The predicted octanol–water partition coefficient (Wildman–Crippen LogP) is 18.3. The average molecular weight is 894 g/mol. The van der Waals surface area contributed by atoms with E-state index in [1.54, 1.807) is 0 Å². The van der Waals surface area contributed by atoms with Gasteiger partial charge >= 0.3 is 0 Å². The maximum atomic E-state index is 6.31. The quantitative estimate of drug-likeness (QED) is 0.152. The molecule has 0 N–H and O–H groups in total. The van der Waals surface area contributed by atoms with Gasteiger partial charge in [-0.15, -0.1) is 0 Å². The first-order valence-corrected chi connectivity index (χ1v) is 24.0. The van der Waals surface area contributed by atoms with Crippen LogP contribution in [0.5, 0.6) is 0 Å². The molecule has 0 spiro atoms. The number of para-hydroxylation sites is 2. The molecule has 3 nitrogen and oxygen atoms in total. The number of furan rings is 2. The Labute approximate surface area is 405 Å². The van der Waals surface area contributed by atoms with Crippen LogP contribution in [0.1, 0.15) is 22.3 Å². The average Bonchev–Trinajstić information content (AvgIpc) is 4.10. The highest BCUT2D eigenvalue weighted by atomic mass is 16.3. The second-order valence-electron chi connectivity index (χ2n) is 18.4. The molecule has 0 unspecified atom stereocenters. The van der Waals surface area contributed by atoms with Crippen molar-refractivity contribution in [2.45, 2.75) is 5.41 Å². The van der Waals surface area contributed by atoms with Gasteiger partial charge in [0.25, 0.3) is 0 Å². The van der Waals surface area contributed by atoms with Crippen molar-refractivity contribution in [1.82, 2.24) is 0 Å². The lowest BCUT2D eigenvalue weighted by atomic mass is 9.68. The molecule has 0 saturated heterocycles. The molecule has 0 atom stereocenters. The predicted molar refractivity (Wildman–Crippen MR) is 289 cm³/mol. The molecule has 1 aliphatic rings. The van der Waals surface area contributed by atoms with E-state index < -0.39 is 5.41 Å². The minimum atomic E-state index is -0.474. The molecule has 13 aromatic rings. The molecule has 0 fully saturated rings. The number of nitrogens with zero attached hydrogens (tertiary/aromatic N) is 1. The fraction of sp³-hybridized carbons (Fsp3) is 0.0149. The van der Waals surface area contributed by atoms with E-state index in [-0.39, 0.29) is 0 Å². The number of anilines is 3. The van der Waals surface area contributed by atoms with Crippen molar-refractivity contribution in [2.24, 2.45) is 0 Å². The van der Waals surface area contributed by atoms with Crippen molar-refractivity contribution < 1.29 is 8.83 Å². The maximum absolute atomic E-state index is 6.31. The standard InChI is InChI=1S/C67H43NO2/c1-3-13-50(14-4-1)67(51-15-5-2-6-16-51)61-20-10-7-17-55(61)59-43-54(37-39-62(59)67)68(53-35-29-47(30-36-53)49-31-38-58-56-18-8-11-21-63(56)70-66(58)42-49)52-33-27-45(28-34-52)44-23-25-46(26-24-44)48-32-40-65-60(41-48)57-19-9-12-22-64(57)69-65/h1-43H. The number of hydrogen-bond acceptors (Lipinski definition) is 3. The van der Waals surface area contributed by atoms with Gasteiger partial charge in [-0.25, -0.2) is 0 Å². The number of rotatable bonds is 8. The molecule has 3 heteroatoms. The summed E-state index contributed by atoms with van der Waals surface area (Å²) in [5.41, 5.74) is 20.8. The second kappa shape index (κ2) is 16.0. The zero-order chi connectivity index (χ0) is 46.2. The largest absolute Gasteiger partial charge is 0.456 e. The molecule has 328 valence electrons. The van der Waals surface area contributed by atoms with E-state index in [2.05, 4.69) is 241 Å². The van der Waals surface area contributed by atoms with Crippen LogP contribution in [-0.2, 0) is 5.41 Å². The molecule has 70 heavy (non-hydrogen) atoms. The topological polar surface area (TPSA) is 29.5 Å². The van der Waals surface area contributed by atoms with E-state index >= 15 is 0 Å². The Morgan fingerprint density at radius 3 is 1.33 bits per heavy atom. The van der Waals surface area contributed by atoms with Crippen molar-refractivity contribution in [3.63, 3.8) is 0 Å². The smallest absolute Gasteiger partial charge is 0.136 e. The Balaban J connectivity index is 0.864. The Bertz CT molecular complexity index is 4050. The van der Waals surface area contributed by atoms with E-state index in [0.29, 0.717) is 0 Å². The molecule has 0 amide bonds. The number of hydrogen-bond donors (Lipinski definition) is 0. The van der Waals surface area contributed by atoms with E-state index in [4.69, 9.17) is 8.83 Å². The monoisotopic (exact) mass is 893 g/mol. The summed E-state index contributed by atoms with van der Waals surface area (Å²) in [5.74, 6) is 0. The fourth-order valence-corrected chi connectivity index (χ4v) is 11.3. The Morgan fingerprint density at radius 2 is 0.686 bits per heavy atom. The maximum Gasteiger partial charge on any atom is 0.136 e. The molecule has 0 bridgehead atoms. The highest BCUT2D eigenvalue weighted by Gasteiger charge is 2.46. The molecule has 0 aliphatic heterocycles. The minimum Gasteiger partial charge on any atom is -0.456 e. The van der Waals surface area contributed by atoms with Gasteiger partial charge in [0, 0.05) is 38.6 Å². The minimum absolute atomic E-state index is 0.474. The van der Waals surface area contributed by atoms with Gasteiger partial charge in [-0.2, -0.15) is 0 Å². The molecule has 0 saturated carbocycles. The summed E-state index contributed by atoms with van der Waals surface area (Å²) in [4.78, 5) is 2.39. The van der Waals surface area contributed by atoms with E-state index in [1.165, 1.54) is 44.5 Å². The van der Waals surface area contributed by atoms with Gasteiger partial charge in [0.05, 0.1) is 5.41 Å². The Hall–Kier alpha value is -9.18. The summed E-state index contributed by atoms with van der Waals surface area (Å²) < 4.78 is 12.4. The Morgan fingerprint density at radius 1 is 0.257 bits per heavy atom. The van der Waals surface area contributed by atoms with Crippen LogP contribution in [0.15, 0.2) is 270 Å². The van der Waals surface area contributed by atoms with Crippen LogP contribution in [0, 0.1) is 0 Å². The van der Waals surface area contributed by atoms with Crippen molar-refractivity contribution in [1.29, 1.82) is 0 Å². The normalized spacial score (nSPS) is 12.7. The second-order valence-corrected chi connectivity index (χ2v) is 18.4. The molecular formula is C67H43NO2. The lowest BCUT2D eigenvalue weighted by molar-refractivity contribution is 0.668. The zero-order valence-corrected chi connectivity index (χ0v) is 38.1. The molecule has 0 radical (unpaired) electrons. The SMILES string of the molecule is c1ccc(C2(c3ccccc3)c3ccccc3-c3cc(N(c4ccc(-c5ccc(-c6ccc7oc8ccccc8c7c6)cc5)cc4)c4ccc(-c5ccc6c(c5)oc5ccccc56)cc4)ccc32)cc1. The summed E-state index contributed by atoms with van der Waals surface area (Å²) in [7, 11) is 0. The van der Waals surface area contributed by atoms with Crippen molar-refractivity contribution in [3.8, 4) is 44.5 Å². The van der Waals surface area contributed by atoms with Crippen molar-refractivity contribution in [2.75, 3.05) is 4.90 Å². The van der Waals surface area contributed by atoms with Crippen LogP contribution >= 0.6 is 0 Å². The molecule has 1 aliphatic carbocycles. The summed E-state index contributed by atoms with van der Waals surface area (Å²) >= 11 is 0. The summed E-state index contributed by atoms with van der Waals surface area (Å²) in [5, 5.41) is 4.54. The number of benzene rings is 11.